The first-order valence-electron chi connectivity index (χ1n) is 18.7. The Hall–Kier alpha value is -3.36. The lowest BCUT2D eigenvalue weighted by molar-refractivity contribution is -0.139. The highest BCUT2D eigenvalue weighted by atomic mass is 35.5. The van der Waals surface area contributed by atoms with Crippen LogP contribution < -0.4 is 14.4 Å². The molecule has 2 amide bonds. The van der Waals surface area contributed by atoms with Crippen LogP contribution in [0.3, 0.4) is 0 Å². The smallest absolute Gasteiger partial charge is 0.410 e. The second-order valence-electron chi connectivity index (χ2n) is 15.6. The number of rotatable bonds is 4. The lowest BCUT2D eigenvalue weighted by Gasteiger charge is -2.46. The van der Waals surface area contributed by atoms with Crippen molar-refractivity contribution in [2.45, 2.75) is 68.0 Å². The molecule has 14 heteroatoms. The fraction of sp³-hybridized carbons (Fsp3) is 0.590. The summed E-state index contributed by atoms with van der Waals surface area (Å²) in [5, 5.41) is 0.702. The van der Waals surface area contributed by atoms with Crippen molar-refractivity contribution in [3.8, 4) is 5.75 Å². The number of amides is 2. The van der Waals surface area contributed by atoms with Crippen LogP contribution in [0.15, 0.2) is 53.4 Å². The number of halogens is 1. The molecular formula is C39H51ClN4O8S. The minimum Gasteiger partial charge on any atom is -0.490 e. The average molecular weight is 771 g/mol. The number of hydrogen-bond donors (Lipinski definition) is 1. The Kier molecular flexibility index (Phi) is 11.0. The molecule has 2 aliphatic carbocycles. The number of hydrogen-bond acceptors (Lipinski definition) is 10. The van der Waals surface area contributed by atoms with Gasteiger partial charge in [-0.3, -0.25) is 9.69 Å². The third-order valence-electron chi connectivity index (χ3n) is 11.8. The molecular weight excluding hydrogens is 720 g/mol. The average Bonchev–Trinajstić information content (AvgIpc) is 3.27. The predicted molar refractivity (Wildman–Crippen MR) is 201 cm³/mol. The van der Waals surface area contributed by atoms with Crippen molar-refractivity contribution in [3.05, 3.63) is 64.7 Å². The van der Waals surface area contributed by atoms with E-state index < -0.39 is 27.6 Å². The van der Waals surface area contributed by atoms with Crippen molar-refractivity contribution in [1.29, 1.82) is 0 Å². The van der Waals surface area contributed by atoms with E-state index in [0.717, 1.165) is 51.7 Å². The zero-order valence-electron chi connectivity index (χ0n) is 30.9. The number of anilines is 1. The van der Waals surface area contributed by atoms with Gasteiger partial charge in [-0.25, -0.2) is 17.9 Å². The number of sulfonamides is 1. The summed E-state index contributed by atoms with van der Waals surface area (Å²) in [6.07, 6.45) is 7.38. The Morgan fingerprint density at radius 3 is 2.66 bits per heavy atom. The first-order valence-corrected chi connectivity index (χ1v) is 20.6. The number of fused-ring (bicyclic) bond motifs is 4. The summed E-state index contributed by atoms with van der Waals surface area (Å²) in [7, 11) is -2.56. The van der Waals surface area contributed by atoms with Crippen molar-refractivity contribution < 1.29 is 37.0 Å². The van der Waals surface area contributed by atoms with Gasteiger partial charge in [-0.1, -0.05) is 23.7 Å². The second-order valence-corrected chi connectivity index (χ2v) is 17.7. The van der Waals surface area contributed by atoms with Crippen molar-refractivity contribution in [2.75, 3.05) is 77.6 Å². The topological polar surface area (TPSA) is 127 Å². The Labute approximate surface area is 317 Å². The molecule has 1 N–H and O–H groups in total. The molecule has 2 aromatic rings. The van der Waals surface area contributed by atoms with Gasteiger partial charge >= 0.3 is 6.09 Å². The maximum absolute atomic E-state index is 13.7. The highest BCUT2D eigenvalue weighted by molar-refractivity contribution is 7.90. The van der Waals surface area contributed by atoms with Crippen molar-refractivity contribution in [3.63, 3.8) is 0 Å². The van der Waals surface area contributed by atoms with Gasteiger partial charge in [0.25, 0.3) is 15.9 Å². The van der Waals surface area contributed by atoms with Gasteiger partial charge in [0, 0.05) is 69.3 Å². The Bertz CT molecular complexity index is 1830. The minimum absolute atomic E-state index is 0.0235. The number of methoxy groups -OCH3 is 1. The normalized spacial score (nSPS) is 29.1. The van der Waals surface area contributed by atoms with Gasteiger partial charge in [0.1, 0.15) is 17.5 Å². The summed E-state index contributed by atoms with van der Waals surface area (Å²) in [4.78, 5) is 33.3. The fourth-order valence-corrected chi connectivity index (χ4v) is 9.76. The number of aryl methyl sites for hydroxylation is 1. The van der Waals surface area contributed by atoms with E-state index in [-0.39, 0.29) is 34.8 Å². The number of piperazine rings is 1. The summed E-state index contributed by atoms with van der Waals surface area (Å²) in [6, 6.07) is 10.9. The van der Waals surface area contributed by atoms with Crippen LogP contribution in [0.1, 0.15) is 50.7 Å². The van der Waals surface area contributed by atoms with Crippen LogP contribution in [-0.4, -0.2) is 115 Å². The van der Waals surface area contributed by atoms with Crippen molar-refractivity contribution >= 4 is 39.3 Å². The van der Waals surface area contributed by atoms with Crippen LogP contribution in [0.4, 0.5) is 10.5 Å². The molecule has 53 heavy (non-hydrogen) atoms. The van der Waals surface area contributed by atoms with E-state index in [4.69, 9.17) is 30.5 Å². The molecule has 12 nitrogen and oxygen atoms in total. The van der Waals surface area contributed by atoms with Gasteiger partial charge in [0.05, 0.1) is 30.4 Å². The number of nitrogens with zero attached hydrogens (tertiary/aromatic N) is 3. The third kappa shape index (κ3) is 8.05. The van der Waals surface area contributed by atoms with Crippen LogP contribution in [0.25, 0.3) is 0 Å². The zero-order chi connectivity index (χ0) is 37.4. The molecule has 0 unspecified atom stereocenters. The summed E-state index contributed by atoms with van der Waals surface area (Å²) in [6.45, 7) is 8.83. The van der Waals surface area contributed by atoms with E-state index in [1.54, 1.807) is 30.2 Å². The van der Waals surface area contributed by atoms with Gasteiger partial charge in [0.2, 0.25) is 0 Å². The number of nitrogens with one attached hydrogen (secondary N) is 1. The zero-order valence-corrected chi connectivity index (χ0v) is 32.4. The van der Waals surface area contributed by atoms with Crippen LogP contribution in [0.5, 0.6) is 5.75 Å². The molecule has 7 rings (SSSR count). The third-order valence-corrected chi connectivity index (χ3v) is 13.4. The first-order chi connectivity index (χ1) is 25.4. The molecule has 2 aromatic carbocycles. The van der Waals surface area contributed by atoms with E-state index in [9.17, 15) is 18.0 Å². The molecule has 3 heterocycles. The maximum Gasteiger partial charge on any atom is 0.410 e. The monoisotopic (exact) mass is 770 g/mol. The predicted octanol–water partition coefficient (Wildman–Crippen LogP) is 4.78. The number of benzene rings is 2. The molecule has 1 saturated carbocycles. The lowest BCUT2D eigenvalue weighted by Crippen LogP contribution is -2.52. The van der Waals surface area contributed by atoms with Crippen LogP contribution in [0.2, 0.25) is 5.02 Å². The molecule has 0 aromatic heterocycles. The Balaban J connectivity index is 1.22. The van der Waals surface area contributed by atoms with E-state index in [0.29, 0.717) is 55.9 Å². The molecule has 2 bridgehead atoms. The van der Waals surface area contributed by atoms with Crippen molar-refractivity contribution in [2.24, 2.45) is 11.8 Å². The van der Waals surface area contributed by atoms with Gasteiger partial charge in [-0.2, -0.15) is 0 Å². The van der Waals surface area contributed by atoms with Crippen LogP contribution in [-0.2, 0) is 40.9 Å². The number of carbonyl (C=O) groups excluding carboxylic acids is 2. The number of carbonyl (C=O) groups is 2. The summed E-state index contributed by atoms with van der Waals surface area (Å²) >= 11 is 6.46. The van der Waals surface area contributed by atoms with E-state index in [1.807, 2.05) is 12.1 Å². The molecule has 1 spiro atoms. The fourth-order valence-electron chi connectivity index (χ4n) is 8.45. The highest BCUT2D eigenvalue weighted by Crippen LogP contribution is 2.47. The second kappa shape index (κ2) is 15.4. The molecule has 288 valence electrons. The largest absolute Gasteiger partial charge is 0.490 e. The minimum atomic E-state index is -4.25. The van der Waals surface area contributed by atoms with E-state index >= 15 is 0 Å². The van der Waals surface area contributed by atoms with E-state index in [2.05, 4.69) is 26.7 Å². The SMILES string of the molecule is COCCN1CCN(C(=O)O[C@H]2/C=C/COC(C)(C)C(=O)NS(=O)(=O)c3ccc4c(c3)N(C[C@@H]3CC[C@H]32)C[C@@]2(CCCc3cc(Cl)ccc32)CO4)CC1. The first kappa shape index (κ1) is 37.9. The lowest BCUT2D eigenvalue weighted by atomic mass is 9.68. The molecule has 5 aliphatic rings. The van der Waals surface area contributed by atoms with Gasteiger partial charge in [-0.15, -0.1) is 0 Å². The number of ether oxygens (including phenoxy) is 4. The van der Waals surface area contributed by atoms with Crippen molar-refractivity contribution in [1.82, 2.24) is 14.5 Å². The van der Waals surface area contributed by atoms with Gasteiger partial charge in [0.15, 0.2) is 0 Å². The van der Waals surface area contributed by atoms with Gasteiger partial charge < -0.3 is 28.7 Å². The Morgan fingerprint density at radius 1 is 1.09 bits per heavy atom. The summed E-state index contributed by atoms with van der Waals surface area (Å²) in [5.41, 5.74) is 1.25. The summed E-state index contributed by atoms with van der Waals surface area (Å²) < 4.78 is 53.7. The standard InChI is InChI=1S/C39H51ClN4O8S/c1-38(2)36(45)41-53(47,48)30-10-13-35-33(23-30)44(25-39(26-50-35)14-4-6-27-22-29(40)9-12-32(27)39)24-28-8-11-31(28)34(7-5-20-51-38)52-37(46)43-17-15-42(16-18-43)19-21-49-3/h5,7,9-10,12-13,22-23,28,31,34H,4,6,8,11,14-21,24-26H2,1-3H3,(H,41,45)/b7-5+/t28-,31+,34-,39-/m0/s1. The maximum atomic E-state index is 13.7. The van der Waals surface area contributed by atoms with E-state index in [1.165, 1.54) is 31.0 Å². The van der Waals surface area contributed by atoms with Gasteiger partial charge in [-0.05, 0) is 99.4 Å². The quantitative estimate of drug-likeness (QED) is 0.435. The van der Waals surface area contributed by atoms with Crippen LogP contribution in [0, 0.1) is 11.8 Å². The molecule has 3 aliphatic heterocycles. The molecule has 1 saturated heterocycles. The highest BCUT2D eigenvalue weighted by Gasteiger charge is 2.45. The Morgan fingerprint density at radius 2 is 1.91 bits per heavy atom. The summed E-state index contributed by atoms with van der Waals surface area (Å²) in [5.74, 6) is -0.0363. The molecule has 4 atom stereocenters. The van der Waals surface area contributed by atoms with Crippen LogP contribution >= 0.6 is 11.6 Å². The molecule has 2 fully saturated rings. The molecule has 0 radical (unpaired) electrons.